The lowest BCUT2D eigenvalue weighted by atomic mass is 9.67. The predicted octanol–water partition coefficient (Wildman–Crippen LogP) is 15.9. The van der Waals surface area contributed by atoms with Gasteiger partial charge in [-0.15, -0.1) is 0 Å². The maximum atomic E-state index is 5.23. The molecule has 0 radical (unpaired) electrons. The molecule has 0 fully saturated rings. The van der Waals surface area contributed by atoms with E-state index in [1.807, 2.05) is 12.1 Å². The van der Waals surface area contributed by atoms with E-state index in [0.29, 0.717) is 5.84 Å². The van der Waals surface area contributed by atoms with Gasteiger partial charge in [0.25, 0.3) is 0 Å². The molecule has 11 aromatic carbocycles. The van der Waals surface area contributed by atoms with E-state index < -0.39 is 5.41 Å². The van der Waals surface area contributed by atoms with Crippen molar-refractivity contribution in [2.24, 2.45) is 9.98 Å². The Bertz CT molecular complexity index is 3780. The molecule has 3 nitrogen and oxygen atoms in total. The highest BCUT2D eigenvalue weighted by Crippen LogP contribution is 2.58. The minimum atomic E-state index is -0.498. The Morgan fingerprint density at radius 1 is 0.348 bits per heavy atom. The summed E-state index contributed by atoms with van der Waals surface area (Å²) < 4.78 is 0. The molecule has 2 unspecified atom stereocenters. The van der Waals surface area contributed by atoms with Gasteiger partial charge >= 0.3 is 0 Å². The van der Waals surface area contributed by atoms with E-state index >= 15 is 0 Å². The second kappa shape index (κ2) is 16.7. The van der Waals surface area contributed by atoms with Gasteiger partial charge in [0.2, 0.25) is 0 Å². The van der Waals surface area contributed by atoms with E-state index in [9.17, 15) is 0 Å². The van der Waals surface area contributed by atoms with Crippen LogP contribution in [0.4, 0.5) is 0 Å². The van der Waals surface area contributed by atoms with Crippen LogP contribution in [-0.4, -0.2) is 11.7 Å². The van der Waals surface area contributed by atoms with E-state index in [0.717, 1.165) is 39.2 Å². The van der Waals surface area contributed by atoms with Crippen molar-refractivity contribution in [1.82, 2.24) is 5.32 Å². The fraction of sp³-hybridized carbons (Fsp3) is 0.0303. The molecule has 2 atom stereocenters. The average molecular weight is 880 g/mol. The maximum absolute atomic E-state index is 5.23. The number of amidine groups is 2. The van der Waals surface area contributed by atoms with Crippen molar-refractivity contribution < 1.29 is 0 Å². The summed E-state index contributed by atoms with van der Waals surface area (Å²) in [6.07, 6.45) is -0.298. The number of hydrogen-bond donors (Lipinski definition) is 1. The Kier molecular flexibility index (Phi) is 9.80. The molecular weight excluding hydrogens is 835 g/mol. The molecule has 2 aliphatic rings. The first-order valence-corrected chi connectivity index (χ1v) is 23.8. The first kappa shape index (κ1) is 40.4. The molecule has 0 saturated carbocycles. The second-order valence-corrected chi connectivity index (χ2v) is 18.1. The summed E-state index contributed by atoms with van der Waals surface area (Å²) in [4.78, 5) is 10.4. The van der Waals surface area contributed by atoms with Crippen LogP contribution in [0.3, 0.4) is 0 Å². The second-order valence-electron chi connectivity index (χ2n) is 18.1. The third kappa shape index (κ3) is 6.81. The van der Waals surface area contributed by atoms with Gasteiger partial charge in [0.1, 0.15) is 12.0 Å². The lowest BCUT2D eigenvalue weighted by Crippen LogP contribution is -2.33. The molecule has 1 heterocycles. The van der Waals surface area contributed by atoms with Crippen LogP contribution in [0, 0.1) is 0 Å². The molecule has 0 spiro atoms. The van der Waals surface area contributed by atoms with E-state index in [2.05, 4.69) is 254 Å². The van der Waals surface area contributed by atoms with Gasteiger partial charge < -0.3 is 5.32 Å². The minimum Gasteiger partial charge on any atom is -0.344 e. The van der Waals surface area contributed by atoms with Crippen molar-refractivity contribution in [2.45, 2.75) is 11.6 Å². The zero-order valence-corrected chi connectivity index (χ0v) is 37.8. The van der Waals surface area contributed by atoms with Crippen LogP contribution in [0.1, 0.15) is 45.1 Å². The number of aliphatic imine (C=N–C) groups is 2. The molecule has 0 bridgehead atoms. The molecule has 11 aromatic rings. The van der Waals surface area contributed by atoms with Gasteiger partial charge in [0.15, 0.2) is 5.84 Å². The third-order valence-corrected chi connectivity index (χ3v) is 14.2. The van der Waals surface area contributed by atoms with Gasteiger partial charge in [-0.1, -0.05) is 255 Å². The molecule has 1 aliphatic heterocycles. The van der Waals surface area contributed by atoms with Crippen LogP contribution < -0.4 is 5.32 Å². The number of rotatable bonds is 8. The summed E-state index contributed by atoms with van der Waals surface area (Å²) in [5.41, 5.74) is 17.3. The number of nitrogens with one attached hydrogen (secondary N) is 1. The van der Waals surface area contributed by atoms with Gasteiger partial charge in [0, 0.05) is 11.1 Å². The van der Waals surface area contributed by atoms with Crippen LogP contribution in [0.2, 0.25) is 0 Å². The first-order chi connectivity index (χ1) is 34.2. The van der Waals surface area contributed by atoms with Crippen LogP contribution in [0.25, 0.3) is 66.1 Å². The quantitative estimate of drug-likeness (QED) is 0.162. The van der Waals surface area contributed by atoms with E-state index in [4.69, 9.17) is 9.98 Å². The van der Waals surface area contributed by atoms with Gasteiger partial charge in [-0.05, 0) is 99.9 Å². The van der Waals surface area contributed by atoms with Crippen LogP contribution >= 0.6 is 0 Å². The molecule has 0 aromatic heterocycles. The van der Waals surface area contributed by atoms with Gasteiger partial charge in [-0.2, -0.15) is 0 Å². The summed E-state index contributed by atoms with van der Waals surface area (Å²) >= 11 is 0. The van der Waals surface area contributed by atoms with E-state index in [1.54, 1.807) is 0 Å². The summed E-state index contributed by atoms with van der Waals surface area (Å²) in [6.45, 7) is 0. The SMILES string of the molecule is c1ccc(-c2cccc(C3=NC(c4ccc(-c5c(-c6ccc(C7(c8ccccc8)c8ccccc8-c8c7ccc7ccccc87)cc6)ccc6ccccc56)cc4)=NC(c4ccccc4)N3)c2)cc1. The van der Waals surface area contributed by atoms with Crippen molar-refractivity contribution in [2.75, 3.05) is 0 Å². The Labute approximate surface area is 402 Å². The Balaban J connectivity index is 0.915. The predicted molar refractivity (Wildman–Crippen MR) is 287 cm³/mol. The van der Waals surface area contributed by atoms with Crippen molar-refractivity contribution in [3.8, 4) is 44.5 Å². The standard InChI is InChI=1S/C66H45N3/c1-4-17-44(18-5-1)51-23-16-24-52(43-51)65-68-63(49-21-6-2-7-22-49)67-64(69-65)50-33-31-48(32-34-50)61-55-27-12-10-19-45(55)37-41-57(61)47-35-39-54(40-36-47)66(53-25-8-3-9-26-53)59-30-15-14-29-58(59)62-56-28-13-11-20-46(56)38-42-60(62)66/h1-43,63H,(H,67,68,69). The Morgan fingerprint density at radius 2 is 0.913 bits per heavy atom. The monoisotopic (exact) mass is 879 g/mol. The zero-order chi connectivity index (χ0) is 45.7. The summed E-state index contributed by atoms with van der Waals surface area (Å²) in [7, 11) is 0. The third-order valence-electron chi connectivity index (χ3n) is 14.2. The molecule has 3 heteroatoms. The highest BCUT2D eigenvalue weighted by atomic mass is 15.2. The minimum absolute atomic E-state index is 0.298. The summed E-state index contributed by atoms with van der Waals surface area (Å²) in [5, 5.41) is 8.61. The molecule has 324 valence electrons. The Hall–Kier alpha value is -8.92. The normalized spacial score (nSPS) is 16.0. The highest BCUT2D eigenvalue weighted by Gasteiger charge is 2.46. The zero-order valence-electron chi connectivity index (χ0n) is 37.8. The Morgan fingerprint density at radius 3 is 1.67 bits per heavy atom. The fourth-order valence-electron chi connectivity index (χ4n) is 11.0. The molecule has 13 rings (SSSR count). The van der Waals surface area contributed by atoms with E-state index in [-0.39, 0.29) is 6.17 Å². The van der Waals surface area contributed by atoms with Gasteiger partial charge in [-0.3, -0.25) is 0 Å². The lowest BCUT2D eigenvalue weighted by molar-refractivity contribution is 0.674. The van der Waals surface area contributed by atoms with Crippen LogP contribution in [0.5, 0.6) is 0 Å². The first-order valence-electron chi connectivity index (χ1n) is 23.8. The highest BCUT2D eigenvalue weighted by molar-refractivity contribution is 6.14. The van der Waals surface area contributed by atoms with Gasteiger partial charge in [0.05, 0.1) is 5.41 Å². The molecule has 0 saturated heterocycles. The maximum Gasteiger partial charge on any atom is 0.159 e. The molecule has 69 heavy (non-hydrogen) atoms. The number of fused-ring (bicyclic) bond motifs is 6. The van der Waals surface area contributed by atoms with E-state index in [1.165, 1.54) is 71.6 Å². The molecule has 1 aliphatic carbocycles. The number of nitrogens with zero attached hydrogens (tertiary/aromatic N) is 2. The van der Waals surface area contributed by atoms with Gasteiger partial charge in [-0.25, -0.2) is 9.98 Å². The smallest absolute Gasteiger partial charge is 0.159 e. The van der Waals surface area contributed by atoms with Crippen molar-refractivity contribution >= 4 is 33.2 Å². The van der Waals surface area contributed by atoms with Crippen molar-refractivity contribution in [1.29, 1.82) is 0 Å². The largest absolute Gasteiger partial charge is 0.344 e. The molecular formula is C66H45N3. The van der Waals surface area contributed by atoms with Crippen molar-refractivity contribution in [3.05, 3.63) is 300 Å². The van der Waals surface area contributed by atoms with Crippen molar-refractivity contribution in [3.63, 3.8) is 0 Å². The lowest BCUT2D eigenvalue weighted by Gasteiger charge is -2.34. The summed E-state index contributed by atoms with van der Waals surface area (Å²) in [6, 6.07) is 94.6. The average Bonchev–Trinajstić information content (AvgIpc) is 3.75. The van der Waals surface area contributed by atoms with Crippen LogP contribution in [-0.2, 0) is 5.41 Å². The van der Waals surface area contributed by atoms with Crippen LogP contribution in [0.15, 0.2) is 271 Å². The number of benzene rings is 11. The summed E-state index contributed by atoms with van der Waals surface area (Å²) in [5.74, 6) is 1.49. The molecule has 0 amide bonds. The topological polar surface area (TPSA) is 36.8 Å². The fourth-order valence-corrected chi connectivity index (χ4v) is 11.0. The molecule has 1 N–H and O–H groups in total. The number of hydrogen-bond acceptors (Lipinski definition) is 3.